The van der Waals surface area contributed by atoms with E-state index in [9.17, 15) is 4.79 Å². The Balaban J connectivity index is 0.00000228. The van der Waals surface area contributed by atoms with Gasteiger partial charge < -0.3 is 5.73 Å². The van der Waals surface area contributed by atoms with E-state index in [2.05, 4.69) is 42.5 Å². The van der Waals surface area contributed by atoms with Crippen molar-refractivity contribution in [1.29, 1.82) is 0 Å². The fraction of sp³-hybridized carbons (Fsp3) is 0.143. The van der Waals surface area contributed by atoms with E-state index in [4.69, 9.17) is 10.1 Å². The maximum absolute atomic E-state index is 12.7. The zero-order chi connectivity index (χ0) is 21.7. The van der Waals surface area contributed by atoms with Gasteiger partial charge in [0.05, 0.1) is 11.3 Å². The summed E-state index contributed by atoms with van der Waals surface area (Å²) in [5, 5.41) is 4.81. The van der Waals surface area contributed by atoms with Crippen molar-refractivity contribution in [2.45, 2.75) is 30.6 Å². The summed E-state index contributed by atoms with van der Waals surface area (Å²) < 4.78 is 4.91. The number of rotatable bonds is 2. The number of halogens is 1. The average Bonchev–Trinajstić information content (AvgIpc) is 3.03. The summed E-state index contributed by atoms with van der Waals surface area (Å²) in [5.74, 6) is -0.452. The highest BCUT2D eigenvalue weighted by molar-refractivity contribution is 7.98. The van der Waals surface area contributed by atoms with Gasteiger partial charge in [-0.3, -0.25) is 4.79 Å². The minimum atomic E-state index is -0.452. The van der Waals surface area contributed by atoms with Gasteiger partial charge in [0, 0.05) is 22.4 Å². The minimum Gasteiger partial charge on any atom is -0.366 e. The predicted molar refractivity (Wildman–Crippen MR) is 141 cm³/mol. The Hall–Kier alpha value is -3.08. The highest BCUT2D eigenvalue weighted by atomic mass is 35.5. The minimum absolute atomic E-state index is 0. The van der Waals surface area contributed by atoms with Crippen LogP contribution in [0.15, 0.2) is 81.6 Å². The van der Waals surface area contributed by atoms with Crippen LogP contribution in [-0.4, -0.2) is 11.6 Å². The van der Waals surface area contributed by atoms with Crippen molar-refractivity contribution >= 4 is 63.6 Å². The van der Waals surface area contributed by atoms with Gasteiger partial charge >= 0.3 is 0 Å². The Kier molecular flexibility index (Phi) is 5.73. The van der Waals surface area contributed by atoms with E-state index in [0.717, 1.165) is 34.3 Å². The molecule has 0 spiro atoms. The zero-order valence-electron chi connectivity index (χ0n) is 18.0. The quantitative estimate of drug-likeness (QED) is 0.262. The lowest BCUT2D eigenvalue weighted by Gasteiger charge is -2.22. The number of aryl methyl sites for hydroxylation is 2. The van der Waals surface area contributed by atoms with Crippen molar-refractivity contribution < 1.29 is 4.79 Å². The van der Waals surface area contributed by atoms with Crippen LogP contribution in [0.3, 0.4) is 0 Å². The molecule has 5 heteroatoms. The Bertz CT molecular complexity index is 1490. The Morgan fingerprint density at radius 1 is 0.909 bits per heavy atom. The fourth-order valence-electron chi connectivity index (χ4n) is 5.08. The van der Waals surface area contributed by atoms with E-state index in [-0.39, 0.29) is 12.4 Å². The molecule has 164 valence electrons. The number of hydrogen-bond donors (Lipinski definition) is 1. The van der Waals surface area contributed by atoms with E-state index in [1.54, 1.807) is 0 Å². The molecule has 2 aliphatic rings. The number of hydrogen-bond acceptors (Lipinski definition) is 3. The molecule has 6 rings (SSSR count). The van der Waals surface area contributed by atoms with Gasteiger partial charge in [-0.2, -0.15) is 0 Å². The van der Waals surface area contributed by atoms with Gasteiger partial charge in [0.2, 0.25) is 0 Å². The summed E-state index contributed by atoms with van der Waals surface area (Å²) >= 11 is 1.41. The van der Waals surface area contributed by atoms with E-state index in [1.165, 1.54) is 52.1 Å². The average molecular weight is 471 g/mol. The first kappa shape index (κ1) is 21.7. The van der Waals surface area contributed by atoms with Gasteiger partial charge in [0.15, 0.2) is 0 Å². The van der Waals surface area contributed by atoms with Crippen LogP contribution in [0.2, 0.25) is 0 Å². The van der Waals surface area contributed by atoms with Crippen molar-refractivity contribution in [3.63, 3.8) is 0 Å². The van der Waals surface area contributed by atoms with Crippen LogP contribution in [0.1, 0.15) is 35.1 Å². The number of carbonyl (C=O) groups excluding carboxylic acids is 1. The van der Waals surface area contributed by atoms with Crippen LogP contribution in [-0.2, 0) is 17.6 Å². The maximum atomic E-state index is 12.7. The third kappa shape index (κ3) is 3.64. The van der Waals surface area contributed by atoms with E-state index in [0.29, 0.717) is 11.3 Å². The van der Waals surface area contributed by atoms with Gasteiger partial charge in [0.25, 0.3) is 5.91 Å². The number of benzene rings is 4. The third-order valence-electron chi connectivity index (χ3n) is 6.58. The van der Waals surface area contributed by atoms with Crippen molar-refractivity contribution in [2.24, 2.45) is 10.1 Å². The molecular weight excluding hydrogens is 448 g/mol. The molecule has 0 bridgehead atoms. The zero-order valence-corrected chi connectivity index (χ0v) is 19.6. The number of primary amides is 1. The first-order valence-electron chi connectivity index (χ1n) is 11.0. The predicted octanol–water partition coefficient (Wildman–Crippen LogP) is 6.67. The Morgan fingerprint density at radius 3 is 2.58 bits per heavy atom. The molecule has 1 heterocycles. The third-order valence-corrected chi connectivity index (χ3v) is 7.43. The Morgan fingerprint density at radius 2 is 1.70 bits per heavy atom. The molecule has 3 nitrogen and oxygen atoms in total. The number of carbonyl (C=O) groups is 1. The molecule has 0 saturated carbocycles. The SMILES string of the molecule is Cl.NC(=O)C1=Cc2ccccc2SN=C1c1cc2ccccc2c2ccc3c(c12)CCCC3. The highest BCUT2D eigenvalue weighted by Gasteiger charge is 2.25. The number of fused-ring (bicyclic) bond motifs is 6. The summed E-state index contributed by atoms with van der Waals surface area (Å²) in [6, 6.07) is 23.2. The maximum Gasteiger partial charge on any atom is 0.250 e. The lowest BCUT2D eigenvalue weighted by molar-refractivity contribution is -0.114. The summed E-state index contributed by atoms with van der Waals surface area (Å²) in [4.78, 5) is 13.7. The fourth-order valence-corrected chi connectivity index (χ4v) is 5.83. The lowest BCUT2D eigenvalue weighted by atomic mass is 9.82. The molecule has 0 atom stereocenters. The van der Waals surface area contributed by atoms with Crippen LogP contribution in [0, 0.1) is 0 Å². The van der Waals surface area contributed by atoms with Crippen molar-refractivity contribution in [2.75, 3.05) is 0 Å². The standard InChI is InChI=1S/C28H22N2OS.ClH/c29-28(31)24-16-19-9-3-6-12-25(19)32-30-27(24)23-15-18-8-2-4-10-20(18)22-14-13-17-7-1-5-11-21(17)26(22)23;/h2-4,6,8-10,12-16H,1,5,7,11H2,(H2,29,31);1H. The molecular formula is C28H23ClN2OS. The van der Waals surface area contributed by atoms with Gasteiger partial charge in [-0.05, 0) is 82.1 Å². The summed E-state index contributed by atoms with van der Waals surface area (Å²) in [6.07, 6.45) is 6.45. The molecule has 4 aromatic rings. The molecule has 2 N–H and O–H groups in total. The van der Waals surface area contributed by atoms with Crippen LogP contribution in [0.5, 0.6) is 0 Å². The van der Waals surface area contributed by atoms with Crippen LogP contribution >= 0.6 is 24.4 Å². The normalized spacial score (nSPS) is 15.0. The molecule has 4 aromatic carbocycles. The second-order valence-electron chi connectivity index (χ2n) is 8.47. The molecule has 0 unspecified atom stereocenters. The van der Waals surface area contributed by atoms with E-state index < -0.39 is 5.91 Å². The topological polar surface area (TPSA) is 55.5 Å². The molecule has 33 heavy (non-hydrogen) atoms. The monoisotopic (exact) mass is 470 g/mol. The molecule has 0 fully saturated rings. The number of nitrogens with zero attached hydrogens (tertiary/aromatic N) is 1. The van der Waals surface area contributed by atoms with Gasteiger partial charge in [-0.1, -0.05) is 54.6 Å². The second-order valence-corrected chi connectivity index (χ2v) is 9.27. The number of nitrogens with two attached hydrogens (primary N) is 1. The van der Waals surface area contributed by atoms with Crippen LogP contribution in [0.25, 0.3) is 27.6 Å². The first-order valence-corrected chi connectivity index (χ1v) is 11.8. The largest absolute Gasteiger partial charge is 0.366 e. The summed E-state index contributed by atoms with van der Waals surface area (Å²) in [5.41, 5.74) is 11.8. The first-order chi connectivity index (χ1) is 15.7. The molecule has 0 radical (unpaired) electrons. The lowest BCUT2D eigenvalue weighted by Crippen LogP contribution is -2.21. The van der Waals surface area contributed by atoms with Crippen molar-refractivity contribution in [3.8, 4) is 0 Å². The van der Waals surface area contributed by atoms with Crippen molar-refractivity contribution in [3.05, 3.63) is 94.6 Å². The van der Waals surface area contributed by atoms with E-state index in [1.807, 2.05) is 30.3 Å². The van der Waals surface area contributed by atoms with Crippen LogP contribution in [0.4, 0.5) is 0 Å². The summed E-state index contributed by atoms with van der Waals surface area (Å²) in [6.45, 7) is 0. The second kappa shape index (κ2) is 8.69. The molecule has 1 aliphatic heterocycles. The molecule has 0 saturated heterocycles. The van der Waals surface area contributed by atoms with Crippen molar-refractivity contribution in [1.82, 2.24) is 0 Å². The van der Waals surface area contributed by atoms with Gasteiger partial charge in [-0.15, -0.1) is 12.4 Å². The smallest absolute Gasteiger partial charge is 0.250 e. The summed E-state index contributed by atoms with van der Waals surface area (Å²) in [7, 11) is 0. The molecule has 0 aromatic heterocycles. The molecule has 1 aliphatic carbocycles. The molecule has 1 amide bonds. The highest BCUT2D eigenvalue weighted by Crippen LogP contribution is 2.39. The van der Waals surface area contributed by atoms with Gasteiger partial charge in [-0.25, -0.2) is 4.40 Å². The van der Waals surface area contributed by atoms with E-state index >= 15 is 0 Å². The number of amides is 1. The Labute approximate surface area is 203 Å². The van der Waals surface area contributed by atoms with Crippen LogP contribution < -0.4 is 5.73 Å². The van der Waals surface area contributed by atoms with Gasteiger partial charge in [0.1, 0.15) is 0 Å².